The molecule has 0 amide bonds. The van der Waals surface area contributed by atoms with Gasteiger partial charge in [0.1, 0.15) is 29.5 Å². The van der Waals surface area contributed by atoms with Gasteiger partial charge < -0.3 is 37.9 Å². The smallest absolute Gasteiger partial charge is 0.343 e. The molecule has 46 heavy (non-hydrogen) atoms. The molecule has 0 radical (unpaired) electrons. The van der Waals surface area contributed by atoms with Crippen molar-refractivity contribution in [3.8, 4) is 17.2 Å². The minimum Gasteiger partial charge on any atom is -0.497 e. The molecule has 0 aliphatic carbocycles. The Morgan fingerprint density at radius 3 is 1.91 bits per heavy atom. The number of rotatable bonds is 12. The summed E-state index contributed by atoms with van der Waals surface area (Å²) in [6, 6.07) is 19.2. The Bertz CT molecular complexity index is 1580. The first-order chi connectivity index (χ1) is 22.3. The fourth-order valence-corrected chi connectivity index (χ4v) is 4.63. The van der Waals surface area contributed by atoms with Gasteiger partial charge in [-0.2, -0.15) is 0 Å². The van der Waals surface area contributed by atoms with E-state index in [4.69, 9.17) is 37.9 Å². The number of carbonyl (C=O) groups excluding carboxylic acids is 4. The third-order valence-electron chi connectivity index (χ3n) is 7.00. The van der Waals surface area contributed by atoms with Crippen LogP contribution in [0.15, 0.2) is 91.5 Å². The first-order valence-electron chi connectivity index (χ1n) is 14.1. The number of hydrogen-bond donors (Lipinski definition) is 0. The molecule has 0 aromatic heterocycles. The summed E-state index contributed by atoms with van der Waals surface area (Å²) in [5, 5.41) is 0. The van der Waals surface area contributed by atoms with E-state index in [2.05, 4.69) is 6.58 Å². The van der Waals surface area contributed by atoms with Crippen LogP contribution in [0.2, 0.25) is 0 Å². The van der Waals surface area contributed by atoms with Gasteiger partial charge in [-0.15, -0.1) is 0 Å². The molecule has 2 saturated heterocycles. The maximum absolute atomic E-state index is 12.8. The van der Waals surface area contributed by atoms with Gasteiger partial charge >= 0.3 is 23.9 Å². The Kier molecular flexibility index (Phi) is 10.4. The molecule has 238 valence electrons. The molecule has 2 fully saturated rings. The first kappa shape index (κ1) is 31.9. The van der Waals surface area contributed by atoms with Crippen LogP contribution in [0, 0.1) is 0 Å². The minimum absolute atomic E-state index is 0.0731. The van der Waals surface area contributed by atoms with Gasteiger partial charge in [-0.25, -0.2) is 19.2 Å². The molecular weight excluding hydrogens is 600 g/mol. The van der Waals surface area contributed by atoms with Crippen molar-refractivity contribution in [2.45, 2.75) is 24.4 Å². The van der Waals surface area contributed by atoms with Crippen LogP contribution in [0.4, 0.5) is 0 Å². The van der Waals surface area contributed by atoms with Crippen molar-refractivity contribution >= 4 is 30.0 Å². The molecule has 0 bridgehead atoms. The molecule has 5 rings (SSSR count). The van der Waals surface area contributed by atoms with E-state index in [0.717, 1.165) is 6.08 Å². The standard InChI is InChI=1S/C34H30O12/c1-3-29(35)43-20-42-25-11-4-21(5-12-25)6-17-30(36)45-27-18-40-32-28(19-41-31(27)32)46-34(38)23-9-15-26(16-10-23)44-33(37)22-7-13-24(39-2)14-8-22/h3-17,27-28,31-32H,1,18-20H2,2H3/b17-6+. The van der Waals surface area contributed by atoms with E-state index in [1.54, 1.807) is 54.6 Å². The lowest BCUT2D eigenvalue weighted by Gasteiger charge is -2.17. The second kappa shape index (κ2) is 15.0. The number of fused-ring (bicyclic) bond motifs is 1. The quantitative estimate of drug-likeness (QED) is 0.0941. The van der Waals surface area contributed by atoms with Crippen molar-refractivity contribution in [3.63, 3.8) is 0 Å². The third-order valence-corrected chi connectivity index (χ3v) is 7.00. The fourth-order valence-electron chi connectivity index (χ4n) is 4.63. The molecule has 12 heteroatoms. The van der Waals surface area contributed by atoms with Gasteiger partial charge in [-0.05, 0) is 72.3 Å². The molecule has 2 aliphatic rings. The van der Waals surface area contributed by atoms with Crippen molar-refractivity contribution in [1.29, 1.82) is 0 Å². The molecular formula is C34H30O12. The highest BCUT2D eigenvalue weighted by Crippen LogP contribution is 2.31. The average molecular weight is 631 g/mol. The molecule has 3 aromatic rings. The molecule has 4 atom stereocenters. The number of carbonyl (C=O) groups is 4. The van der Waals surface area contributed by atoms with Crippen LogP contribution in [0.25, 0.3) is 6.08 Å². The molecule has 0 saturated carbocycles. The zero-order valence-corrected chi connectivity index (χ0v) is 24.7. The Morgan fingerprint density at radius 1 is 0.739 bits per heavy atom. The average Bonchev–Trinajstić information content (AvgIpc) is 3.67. The summed E-state index contributed by atoms with van der Waals surface area (Å²) in [5.74, 6) is -0.998. The Morgan fingerprint density at radius 2 is 1.30 bits per heavy atom. The van der Waals surface area contributed by atoms with E-state index < -0.39 is 48.3 Å². The number of methoxy groups -OCH3 is 1. The van der Waals surface area contributed by atoms with Gasteiger partial charge in [-0.3, -0.25) is 0 Å². The fraction of sp³-hybridized carbons (Fsp3) is 0.235. The highest BCUT2D eigenvalue weighted by molar-refractivity contribution is 5.92. The number of benzene rings is 3. The second-order valence-corrected chi connectivity index (χ2v) is 9.99. The molecule has 2 heterocycles. The lowest BCUT2D eigenvalue weighted by molar-refractivity contribution is -0.147. The van der Waals surface area contributed by atoms with E-state index in [1.807, 2.05) is 0 Å². The van der Waals surface area contributed by atoms with Gasteiger partial charge in [0.25, 0.3) is 0 Å². The van der Waals surface area contributed by atoms with Gasteiger partial charge in [0.2, 0.25) is 6.79 Å². The summed E-state index contributed by atoms with van der Waals surface area (Å²) in [4.78, 5) is 48.8. The van der Waals surface area contributed by atoms with Crippen molar-refractivity contribution in [2.24, 2.45) is 0 Å². The van der Waals surface area contributed by atoms with Gasteiger partial charge in [-0.1, -0.05) is 18.7 Å². The van der Waals surface area contributed by atoms with E-state index in [1.165, 1.54) is 37.5 Å². The predicted octanol–water partition coefficient (Wildman–Crippen LogP) is 3.93. The van der Waals surface area contributed by atoms with E-state index >= 15 is 0 Å². The van der Waals surface area contributed by atoms with Gasteiger partial charge in [0.05, 0.1) is 31.5 Å². The van der Waals surface area contributed by atoms with Crippen LogP contribution in [-0.2, 0) is 33.3 Å². The van der Waals surface area contributed by atoms with Crippen LogP contribution in [0.3, 0.4) is 0 Å². The molecule has 0 N–H and O–H groups in total. The first-order valence-corrected chi connectivity index (χ1v) is 14.1. The van der Waals surface area contributed by atoms with Crippen LogP contribution in [0.5, 0.6) is 17.2 Å². The number of ether oxygens (including phenoxy) is 8. The maximum Gasteiger partial charge on any atom is 0.343 e. The Balaban J connectivity index is 1.06. The summed E-state index contributed by atoms with van der Waals surface area (Å²) in [5.41, 5.74) is 1.30. The van der Waals surface area contributed by atoms with Gasteiger partial charge in [0.15, 0.2) is 12.2 Å². The summed E-state index contributed by atoms with van der Waals surface area (Å²) < 4.78 is 43.2. The Hall–Kier alpha value is -5.46. The minimum atomic E-state index is -0.703. The summed E-state index contributed by atoms with van der Waals surface area (Å²) in [7, 11) is 1.53. The monoisotopic (exact) mass is 630 g/mol. The van der Waals surface area contributed by atoms with E-state index in [9.17, 15) is 19.2 Å². The predicted molar refractivity (Wildman–Crippen MR) is 160 cm³/mol. The van der Waals surface area contributed by atoms with Crippen LogP contribution in [-0.4, -0.2) is 75.4 Å². The second-order valence-electron chi connectivity index (χ2n) is 9.99. The SMILES string of the molecule is C=CC(=O)OCOc1ccc(/C=C/C(=O)OC2COC3C(OC(=O)c4ccc(OC(=O)c5ccc(OC)cc5)cc4)COC23)cc1. The molecule has 4 unspecified atom stereocenters. The topological polar surface area (TPSA) is 142 Å². The summed E-state index contributed by atoms with van der Waals surface area (Å²) in [6.07, 6.45) is 1.30. The highest BCUT2D eigenvalue weighted by atomic mass is 16.7. The van der Waals surface area contributed by atoms with Crippen LogP contribution in [0.1, 0.15) is 26.3 Å². The summed E-state index contributed by atoms with van der Waals surface area (Å²) in [6.45, 7) is 3.21. The van der Waals surface area contributed by atoms with Crippen molar-refractivity contribution in [2.75, 3.05) is 27.1 Å². The van der Waals surface area contributed by atoms with Crippen LogP contribution < -0.4 is 14.2 Å². The lowest BCUT2D eigenvalue weighted by atomic mass is 10.1. The molecule has 12 nitrogen and oxygen atoms in total. The zero-order chi connectivity index (χ0) is 32.5. The Labute approximate surface area is 264 Å². The molecule has 2 aliphatic heterocycles. The van der Waals surface area contributed by atoms with Gasteiger partial charge in [0, 0.05) is 12.2 Å². The normalized spacial score (nSPS) is 19.9. The van der Waals surface area contributed by atoms with Crippen molar-refractivity contribution in [1.82, 2.24) is 0 Å². The number of esters is 4. The highest BCUT2D eigenvalue weighted by Gasteiger charge is 2.51. The van der Waals surface area contributed by atoms with E-state index in [-0.39, 0.29) is 31.3 Å². The lowest BCUT2D eigenvalue weighted by Crippen LogP contribution is -2.35. The zero-order valence-electron chi connectivity index (χ0n) is 24.7. The largest absolute Gasteiger partial charge is 0.497 e. The maximum atomic E-state index is 12.8. The number of hydrogen-bond acceptors (Lipinski definition) is 12. The summed E-state index contributed by atoms with van der Waals surface area (Å²) >= 11 is 0. The van der Waals surface area contributed by atoms with Crippen molar-refractivity contribution in [3.05, 3.63) is 108 Å². The van der Waals surface area contributed by atoms with Crippen molar-refractivity contribution < 1.29 is 57.1 Å². The molecule has 3 aromatic carbocycles. The third kappa shape index (κ3) is 8.17. The van der Waals surface area contributed by atoms with E-state index in [0.29, 0.717) is 22.6 Å². The van der Waals surface area contributed by atoms with Crippen LogP contribution >= 0.6 is 0 Å². The molecule has 0 spiro atoms.